The standard InChI is InChI=1S/C19H23N3O3/c1-14(23)17-12-18(21-20-17)19(24)22-10-11-25-16(13-22)9-5-8-15-6-3-2-4-7-15/h2-4,6-7,12,16H,5,8-11,13H2,1H3,(H,20,21)/t16-/m0/s1. The van der Waals surface area contributed by atoms with Gasteiger partial charge in [-0.05, 0) is 30.9 Å². The number of rotatable bonds is 6. The fourth-order valence-electron chi connectivity index (χ4n) is 3.04. The zero-order chi connectivity index (χ0) is 17.6. The number of carbonyl (C=O) groups excluding carboxylic acids is 2. The van der Waals surface area contributed by atoms with Crippen molar-refractivity contribution in [2.75, 3.05) is 19.7 Å². The number of aryl methyl sites for hydroxylation is 1. The molecule has 1 fully saturated rings. The molecule has 1 aliphatic heterocycles. The Morgan fingerprint density at radius 3 is 2.84 bits per heavy atom. The number of ether oxygens (including phenoxy) is 1. The molecule has 25 heavy (non-hydrogen) atoms. The summed E-state index contributed by atoms with van der Waals surface area (Å²) < 4.78 is 5.80. The Bertz CT molecular complexity index is 727. The van der Waals surface area contributed by atoms with Gasteiger partial charge in [-0.2, -0.15) is 5.10 Å². The van der Waals surface area contributed by atoms with Crippen LogP contribution in [-0.4, -0.2) is 52.6 Å². The number of nitrogens with zero attached hydrogens (tertiary/aromatic N) is 2. The molecule has 1 aromatic heterocycles. The lowest BCUT2D eigenvalue weighted by Crippen LogP contribution is -2.45. The maximum Gasteiger partial charge on any atom is 0.272 e. The molecule has 0 bridgehead atoms. The van der Waals surface area contributed by atoms with Gasteiger partial charge in [0.2, 0.25) is 0 Å². The van der Waals surface area contributed by atoms with Crippen molar-refractivity contribution in [1.82, 2.24) is 15.1 Å². The second-order valence-electron chi connectivity index (χ2n) is 6.34. The van der Waals surface area contributed by atoms with E-state index in [0.29, 0.717) is 25.4 Å². The number of morpholine rings is 1. The van der Waals surface area contributed by atoms with Gasteiger partial charge in [-0.3, -0.25) is 14.7 Å². The lowest BCUT2D eigenvalue weighted by Gasteiger charge is -2.32. The Morgan fingerprint density at radius 2 is 2.12 bits per heavy atom. The van der Waals surface area contributed by atoms with Crippen LogP contribution in [0, 0.1) is 0 Å². The third-order valence-corrected chi connectivity index (χ3v) is 4.43. The summed E-state index contributed by atoms with van der Waals surface area (Å²) in [7, 11) is 0. The molecule has 2 aromatic rings. The molecule has 0 unspecified atom stereocenters. The predicted molar refractivity (Wildman–Crippen MR) is 93.6 cm³/mol. The maximum atomic E-state index is 12.6. The zero-order valence-electron chi connectivity index (χ0n) is 14.4. The number of aromatic nitrogens is 2. The smallest absolute Gasteiger partial charge is 0.272 e. The number of Topliss-reactive ketones (excluding diaryl/α,β-unsaturated/α-hetero) is 1. The van der Waals surface area contributed by atoms with E-state index in [9.17, 15) is 9.59 Å². The normalized spacial score (nSPS) is 17.5. The highest BCUT2D eigenvalue weighted by atomic mass is 16.5. The number of hydrogen-bond donors (Lipinski definition) is 1. The summed E-state index contributed by atoms with van der Waals surface area (Å²) in [6.07, 6.45) is 3.00. The quantitative estimate of drug-likeness (QED) is 0.819. The molecule has 3 rings (SSSR count). The van der Waals surface area contributed by atoms with Crippen molar-refractivity contribution < 1.29 is 14.3 Å². The van der Waals surface area contributed by atoms with E-state index >= 15 is 0 Å². The van der Waals surface area contributed by atoms with E-state index in [2.05, 4.69) is 22.3 Å². The number of hydrogen-bond acceptors (Lipinski definition) is 4. The highest BCUT2D eigenvalue weighted by Crippen LogP contribution is 2.15. The molecule has 0 spiro atoms. The zero-order valence-corrected chi connectivity index (χ0v) is 14.4. The van der Waals surface area contributed by atoms with Gasteiger partial charge in [-0.15, -0.1) is 0 Å². The lowest BCUT2D eigenvalue weighted by molar-refractivity contribution is -0.0256. The average Bonchev–Trinajstić information content (AvgIpc) is 3.13. The van der Waals surface area contributed by atoms with Crippen LogP contribution in [0.15, 0.2) is 36.4 Å². The van der Waals surface area contributed by atoms with Crippen LogP contribution in [0.5, 0.6) is 0 Å². The number of benzene rings is 1. The fourth-order valence-corrected chi connectivity index (χ4v) is 3.04. The van der Waals surface area contributed by atoms with Gasteiger partial charge >= 0.3 is 0 Å². The van der Waals surface area contributed by atoms with Crippen molar-refractivity contribution in [3.63, 3.8) is 0 Å². The first kappa shape index (κ1) is 17.4. The molecule has 6 heteroatoms. The van der Waals surface area contributed by atoms with Crippen molar-refractivity contribution in [2.24, 2.45) is 0 Å². The van der Waals surface area contributed by atoms with Gasteiger partial charge in [-0.25, -0.2) is 0 Å². The summed E-state index contributed by atoms with van der Waals surface area (Å²) in [5.41, 5.74) is 1.96. The summed E-state index contributed by atoms with van der Waals surface area (Å²) in [6, 6.07) is 11.9. The predicted octanol–water partition coefficient (Wildman–Crippen LogP) is 2.48. The SMILES string of the molecule is CC(=O)c1cc(C(=O)N2CCO[C@@H](CCCc3ccccc3)C2)[nH]n1. The molecule has 1 N–H and O–H groups in total. The lowest BCUT2D eigenvalue weighted by atomic mass is 10.0. The van der Waals surface area contributed by atoms with Crippen molar-refractivity contribution in [2.45, 2.75) is 32.3 Å². The van der Waals surface area contributed by atoms with Gasteiger partial charge in [0, 0.05) is 20.0 Å². The van der Waals surface area contributed by atoms with Gasteiger partial charge in [0.15, 0.2) is 5.78 Å². The first-order valence-electron chi connectivity index (χ1n) is 8.64. The molecule has 1 aromatic carbocycles. The summed E-state index contributed by atoms with van der Waals surface area (Å²) >= 11 is 0. The third kappa shape index (κ3) is 4.54. The topological polar surface area (TPSA) is 75.3 Å². The molecule has 0 saturated carbocycles. The first-order chi connectivity index (χ1) is 12.1. The van der Waals surface area contributed by atoms with Crippen molar-refractivity contribution in [3.8, 4) is 0 Å². The van der Waals surface area contributed by atoms with Gasteiger partial charge in [-0.1, -0.05) is 30.3 Å². The van der Waals surface area contributed by atoms with Crippen LogP contribution >= 0.6 is 0 Å². The highest BCUT2D eigenvalue weighted by molar-refractivity contribution is 5.97. The van der Waals surface area contributed by atoms with E-state index in [-0.39, 0.29) is 23.5 Å². The Labute approximate surface area is 147 Å². The van der Waals surface area contributed by atoms with Crippen molar-refractivity contribution in [3.05, 3.63) is 53.3 Å². The Balaban J connectivity index is 1.51. The third-order valence-electron chi connectivity index (χ3n) is 4.43. The van der Waals surface area contributed by atoms with E-state index < -0.39 is 0 Å². The van der Waals surface area contributed by atoms with Gasteiger partial charge in [0.1, 0.15) is 11.4 Å². The monoisotopic (exact) mass is 341 g/mol. The van der Waals surface area contributed by atoms with Crippen LogP contribution in [0.25, 0.3) is 0 Å². The van der Waals surface area contributed by atoms with Crippen LogP contribution < -0.4 is 0 Å². The number of carbonyl (C=O) groups is 2. The second-order valence-corrected chi connectivity index (χ2v) is 6.34. The molecular formula is C19H23N3O3. The molecule has 6 nitrogen and oxygen atoms in total. The number of amides is 1. The molecule has 0 aliphatic carbocycles. The first-order valence-corrected chi connectivity index (χ1v) is 8.64. The van der Waals surface area contributed by atoms with E-state index in [1.807, 2.05) is 18.2 Å². The van der Waals surface area contributed by atoms with Crippen LogP contribution in [0.2, 0.25) is 0 Å². The minimum atomic E-state index is -0.156. The molecule has 1 amide bonds. The van der Waals surface area contributed by atoms with Crippen molar-refractivity contribution in [1.29, 1.82) is 0 Å². The van der Waals surface area contributed by atoms with Gasteiger partial charge in [0.05, 0.1) is 12.7 Å². The maximum absolute atomic E-state index is 12.6. The summed E-state index contributed by atoms with van der Waals surface area (Å²) in [5, 5.41) is 6.54. The highest BCUT2D eigenvalue weighted by Gasteiger charge is 2.26. The molecular weight excluding hydrogens is 318 g/mol. The van der Waals surface area contributed by atoms with Gasteiger partial charge < -0.3 is 9.64 Å². The van der Waals surface area contributed by atoms with E-state index in [0.717, 1.165) is 19.3 Å². The largest absolute Gasteiger partial charge is 0.375 e. The summed E-state index contributed by atoms with van der Waals surface area (Å²) in [6.45, 7) is 3.10. The summed E-state index contributed by atoms with van der Waals surface area (Å²) in [4.78, 5) is 25.7. The molecule has 0 radical (unpaired) electrons. The number of nitrogens with one attached hydrogen (secondary N) is 1. The van der Waals surface area contributed by atoms with Crippen LogP contribution in [0.1, 0.15) is 46.3 Å². The van der Waals surface area contributed by atoms with E-state index in [1.54, 1.807) is 4.90 Å². The molecule has 1 aliphatic rings. The van der Waals surface area contributed by atoms with Crippen molar-refractivity contribution >= 4 is 11.7 Å². The number of H-pyrrole nitrogens is 1. The Hall–Kier alpha value is -2.47. The second kappa shape index (κ2) is 8.07. The Morgan fingerprint density at radius 1 is 1.32 bits per heavy atom. The number of ketones is 1. The molecule has 1 saturated heterocycles. The number of aromatic amines is 1. The van der Waals surface area contributed by atoms with E-state index in [4.69, 9.17) is 4.74 Å². The molecule has 2 heterocycles. The minimum Gasteiger partial charge on any atom is -0.375 e. The fraction of sp³-hybridized carbons (Fsp3) is 0.421. The molecule has 1 atom stereocenters. The average molecular weight is 341 g/mol. The van der Waals surface area contributed by atoms with Crippen LogP contribution in [-0.2, 0) is 11.2 Å². The van der Waals surface area contributed by atoms with E-state index in [1.165, 1.54) is 18.6 Å². The Kier molecular flexibility index (Phi) is 5.60. The van der Waals surface area contributed by atoms with Crippen LogP contribution in [0.4, 0.5) is 0 Å². The van der Waals surface area contributed by atoms with Gasteiger partial charge in [0.25, 0.3) is 5.91 Å². The summed E-state index contributed by atoms with van der Waals surface area (Å²) in [5.74, 6) is -0.285. The van der Waals surface area contributed by atoms with Crippen LogP contribution in [0.3, 0.4) is 0 Å². The molecule has 132 valence electrons. The minimum absolute atomic E-state index is 0.0524.